The van der Waals surface area contributed by atoms with Crippen LogP contribution in [0.5, 0.6) is 0 Å². The zero-order chi connectivity index (χ0) is 14.6. The van der Waals surface area contributed by atoms with Gasteiger partial charge in [-0.1, -0.05) is 28.1 Å². The smallest absolute Gasteiger partial charge is 0.279 e. The summed E-state index contributed by atoms with van der Waals surface area (Å²) in [4.78, 5) is 0. The van der Waals surface area contributed by atoms with Crippen molar-refractivity contribution in [2.45, 2.75) is 6.18 Å². The van der Waals surface area contributed by atoms with Gasteiger partial charge in [-0.05, 0) is 42.0 Å². The lowest BCUT2D eigenvalue weighted by Gasteiger charge is -2.07. The normalized spacial score (nSPS) is 11.8. The largest absolute Gasteiger partial charge is 0.416 e. The Kier molecular flexibility index (Phi) is 4.44. The number of hydrogen-bond acceptors (Lipinski definition) is 2. The van der Waals surface area contributed by atoms with E-state index in [0.717, 1.165) is 22.2 Å². The van der Waals surface area contributed by atoms with Crippen molar-refractivity contribution < 1.29 is 13.2 Å². The third-order valence-corrected chi connectivity index (χ3v) is 2.96. The maximum Gasteiger partial charge on any atom is 0.416 e. The third-order valence-electron chi connectivity index (χ3n) is 2.47. The molecule has 0 bridgehead atoms. The summed E-state index contributed by atoms with van der Waals surface area (Å²) in [5, 5.41) is 3.97. The molecule has 0 spiro atoms. The summed E-state index contributed by atoms with van der Waals surface area (Å²) in [7, 11) is 0. The second kappa shape index (κ2) is 6.09. The zero-order valence-corrected chi connectivity index (χ0v) is 11.7. The van der Waals surface area contributed by atoms with Crippen LogP contribution in [0.3, 0.4) is 0 Å². The highest BCUT2D eigenvalue weighted by molar-refractivity contribution is 9.10. The van der Waals surface area contributed by atoms with Crippen LogP contribution in [0, 0.1) is 0 Å². The number of anilines is 1. The molecular weight excluding hydrogens is 333 g/mol. The molecule has 2 aromatic rings. The Morgan fingerprint density at radius 1 is 1.05 bits per heavy atom. The van der Waals surface area contributed by atoms with Gasteiger partial charge in [-0.2, -0.15) is 18.3 Å². The number of rotatable bonds is 3. The zero-order valence-electron chi connectivity index (χ0n) is 10.2. The number of hydrazone groups is 1. The van der Waals surface area contributed by atoms with Crippen molar-refractivity contribution in [3.63, 3.8) is 0 Å². The third kappa shape index (κ3) is 4.09. The van der Waals surface area contributed by atoms with Gasteiger partial charge in [0.25, 0.3) is 0 Å². The number of halogens is 4. The van der Waals surface area contributed by atoms with E-state index in [2.05, 4.69) is 26.5 Å². The first-order valence-corrected chi connectivity index (χ1v) is 6.46. The molecule has 1 N–H and O–H groups in total. The average Bonchev–Trinajstić information content (AvgIpc) is 2.38. The van der Waals surface area contributed by atoms with Crippen molar-refractivity contribution in [3.05, 3.63) is 64.1 Å². The fraction of sp³-hybridized carbons (Fsp3) is 0.0714. The Balaban J connectivity index is 2.01. The molecule has 0 amide bonds. The van der Waals surface area contributed by atoms with E-state index in [1.807, 2.05) is 24.3 Å². The average molecular weight is 343 g/mol. The fourth-order valence-corrected chi connectivity index (χ4v) is 1.92. The van der Waals surface area contributed by atoms with Crippen LogP contribution in [0.15, 0.2) is 58.1 Å². The van der Waals surface area contributed by atoms with Crippen molar-refractivity contribution in [1.82, 2.24) is 0 Å². The van der Waals surface area contributed by atoms with Gasteiger partial charge in [-0.3, -0.25) is 5.43 Å². The summed E-state index contributed by atoms with van der Waals surface area (Å²) < 4.78 is 38.1. The van der Waals surface area contributed by atoms with Crippen molar-refractivity contribution in [2.75, 3.05) is 5.43 Å². The van der Waals surface area contributed by atoms with E-state index in [0.29, 0.717) is 5.69 Å². The molecule has 20 heavy (non-hydrogen) atoms. The Morgan fingerprint density at radius 2 is 1.75 bits per heavy atom. The summed E-state index contributed by atoms with van der Waals surface area (Å²) >= 11 is 3.34. The van der Waals surface area contributed by atoms with Gasteiger partial charge in [-0.25, -0.2) is 0 Å². The molecule has 0 saturated heterocycles. The molecule has 0 saturated carbocycles. The highest BCUT2D eigenvalue weighted by atomic mass is 79.9. The lowest BCUT2D eigenvalue weighted by Crippen LogP contribution is -2.04. The van der Waals surface area contributed by atoms with E-state index in [1.54, 1.807) is 6.21 Å². The number of nitrogens with one attached hydrogen (secondary N) is 1. The van der Waals surface area contributed by atoms with Gasteiger partial charge in [0.1, 0.15) is 0 Å². The molecule has 0 aliphatic carbocycles. The second-order valence-corrected chi connectivity index (χ2v) is 4.92. The number of benzene rings is 2. The summed E-state index contributed by atoms with van der Waals surface area (Å²) in [5.41, 5.74) is 3.36. The molecule has 0 radical (unpaired) electrons. The van der Waals surface area contributed by atoms with Gasteiger partial charge in [-0.15, -0.1) is 0 Å². The van der Waals surface area contributed by atoms with Crippen LogP contribution in [0.2, 0.25) is 0 Å². The first-order chi connectivity index (χ1) is 9.45. The number of alkyl halides is 3. The van der Waals surface area contributed by atoms with E-state index in [9.17, 15) is 13.2 Å². The molecule has 0 aliphatic heterocycles. The lowest BCUT2D eigenvalue weighted by molar-refractivity contribution is -0.137. The maximum absolute atomic E-state index is 12.4. The molecular formula is C14H10BrF3N2. The number of nitrogens with zero attached hydrogens (tertiary/aromatic N) is 1. The fourth-order valence-electron chi connectivity index (χ4n) is 1.50. The molecule has 0 aliphatic rings. The van der Waals surface area contributed by atoms with Crippen molar-refractivity contribution in [2.24, 2.45) is 5.10 Å². The molecule has 0 heterocycles. The van der Waals surface area contributed by atoms with Crippen LogP contribution in [0.4, 0.5) is 18.9 Å². The van der Waals surface area contributed by atoms with Crippen LogP contribution in [-0.2, 0) is 6.18 Å². The predicted molar refractivity (Wildman–Crippen MR) is 76.8 cm³/mol. The highest BCUT2D eigenvalue weighted by Crippen LogP contribution is 2.29. The predicted octanol–water partition coefficient (Wildman–Crippen LogP) is 4.91. The molecule has 2 rings (SSSR count). The minimum absolute atomic E-state index is 0.490. The van der Waals surface area contributed by atoms with Gasteiger partial charge in [0, 0.05) is 4.47 Å². The van der Waals surface area contributed by atoms with Crippen LogP contribution < -0.4 is 5.43 Å². The summed E-state index contributed by atoms with van der Waals surface area (Å²) in [6.07, 6.45) is -2.74. The molecule has 104 valence electrons. The van der Waals surface area contributed by atoms with E-state index >= 15 is 0 Å². The minimum atomic E-state index is -4.32. The Hall–Kier alpha value is -1.82. The maximum atomic E-state index is 12.4. The SMILES string of the molecule is FC(F)(F)c1ccc(NN=Cc2cccc(Br)c2)cc1. The topological polar surface area (TPSA) is 24.4 Å². The molecule has 0 fully saturated rings. The summed E-state index contributed by atoms with van der Waals surface area (Å²) in [6.45, 7) is 0. The van der Waals surface area contributed by atoms with Gasteiger partial charge in [0.05, 0.1) is 17.5 Å². The van der Waals surface area contributed by atoms with Gasteiger partial charge in [0.2, 0.25) is 0 Å². The number of hydrogen-bond donors (Lipinski definition) is 1. The lowest BCUT2D eigenvalue weighted by atomic mass is 10.2. The highest BCUT2D eigenvalue weighted by Gasteiger charge is 2.29. The first kappa shape index (κ1) is 14.6. The van der Waals surface area contributed by atoms with E-state index in [1.165, 1.54) is 12.1 Å². The molecule has 2 aromatic carbocycles. The second-order valence-electron chi connectivity index (χ2n) is 4.00. The Morgan fingerprint density at radius 3 is 2.35 bits per heavy atom. The molecule has 0 atom stereocenters. The van der Waals surface area contributed by atoms with Gasteiger partial charge in [0.15, 0.2) is 0 Å². The molecule has 6 heteroatoms. The van der Waals surface area contributed by atoms with Crippen molar-refractivity contribution >= 4 is 27.8 Å². The summed E-state index contributed by atoms with van der Waals surface area (Å²) in [6, 6.07) is 12.2. The van der Waals surface area contributed by atoms with E-state index in [-0.39, 0.29) is 0 Å². The van der Waals surface area contributed by atoms with Crippen LogP contribution in [0.1, 0.15) is 11.1 Å². The quantitative estimate of drug-likeness (QED) is 0.621. The van der Waals surface area contributed by atoms with Gasteiger partial charge >= 0.3 is 6.18 Å². The van der Waals surface area contributed by atoms with Crippen LogP contribution in [0.25, 0.3) is 0 Å². The van der Waals surface area contributed by atoms with Crippen LogP contribution in [-0.4, -0.2) is 6.21 Å². The van der Waals surface area contributed by atoms with Crippen molar-refractivity contribution in [3.8, 4) is 0 Å². The Bertz CT molecular complexity index is 607. The molecule has 2 nitrogen and oxygen atoms in total. The molecule has 0 unspecified atom stereocenters. The van der Waals surface area contributed by atoms with Crippen molar-refractivity contribution in [1.29, 1.82) is 0 Å². The minimum Gasteiger partial charge on any atom is -0.279 e. The van der Waals surface area contributed by atoms with Crippen LogP contribution >= 0.6 is 15.9 Å². The summed E-state index contributed by atoms with van der Waals surface area (Å²) in [5.74, 6) is 0. The molecule has 0 aromatic heterocycles. The monoisotopic (exact) mass is 342 g/mol. The standard InChI is InChI=1S/C14H10BrF3N2/c15-12-3-1-2-10(8-12)9-19-20-13-6-4-11(5-7-13)14(16,17)18/h1-9,20H. The van der Waals surface area contributed by atoms with Gasteiger partial charge < -0.3 is 0 Å². The van der Waals surface area contributed by atoms with E-state index in [4.69, 9.17) is 0 Å². The van der Waals surface area contributed by atoms with E-state index < -0.39 is 11.7 Å². The first-order valence-electron chi connectivity index (χ1n) is 5.67. The Labute approximate surface area is 122 Å².